The Hall–Kier alpha value is -2.39. The Labute approximate surface area is 121 Å². The van der Waals surface area contributed by atoms with E-state index in [0.717, 1.165) is 5.03 Å². The summed E-state index contributed by atoms with van der Waals surface area (Å²) in [6.45, 7) is 0. The fourth-order valence-electron chi connectivity index (χ4n) is 1.50. The molecule has 2 aromatic rings. The number of nitriles is 1. The molecule has 1 amide bonds. The van der Waals surface area contributed by atoms with Gasteiger partial charge in [0.25, 0.3) is 0 Å². The fourth-order valence-corrected chi connectivity index (χ4v) is 2.28. The molecule has 100 valence electrons. The molecule has 0 saturated carbocycles. The summed E-state index contributed by atoms with van der Waals surface area (Å²) in [5.74, 6) is 0.558. The van der Waals surface area contributed by atoms with Gasteiger partial charge in [-0.05, 0) is 24.3 Å². The van der Waals surface area contributed by atoms with Crippen LogP contribution in [0.2, 0.25) is 0 Å². The second-order valence-electron chi connectivity index (χ2n) is 3.89. The van der Waals surface area contributed by atoms with Crippen molar-refractivity contribution in [3.05, 3.63) is 48.4 Å². The zero-order chi connectivity index (χ0) is 14.2. The molecule has 20 heavy (non-hydrogen) atoms. The number of hydrogen-bond acceptors (Lipinski definition) is 5. The quantitative estimate of drug-likeness (QED) is 0.674. The number of nitrogens with zero attached hydrogens (tertiary/aromatic N) is 3. The Bertz CT molecular complexity index is 625. The highest BCUT2D eigenvalue weighted by Gasteiger charge is 2.04. The summed E-state index contributed by atoms with van der Waals surface area (Å²) in [7, 11) is 0. The summed E-state index contributed by atoms with van der Waals surface area (Å²) < 4.78 is 0. The van der Waals surface area contributed by atoms with Crippen LogP contribution in [0.15, 0.2) is 47.9 Å². The van der Waals surface area contributed by atoms with E-state index in [9.17, 15) is 4.79 Å². The SMILES string of the molecule is N#Cc1cccc(NC(=O)CCSc2ccncn2)c1. The number of thioether (sulfide) groups is 1. The smallest absolute Gasteiger partial charge is 0.225 e. The Morgan fingerprint density at radius 1 is 1.40 bits per heavy atom. The maximum absolute atomic E-state index is 11.8. The Kier molecular flexibility index (Phi) is 5.09. The van der Waals surface area contributed by atoms with Gasteiger partial charge in [0.2, 0.25) is 5.91 Å². The molecule has 0 aliphatic heterocycles. The van der Waals surface area contributed by atoms with Gasteiger partial charge in [-0.25, -0.2) is 9.97 Å². The number of rotatable bonds is 5. The number of benzene rings is 1. The van der Waals surface area contributed by atoms with Gasteiger partial charge in [0.15, 0.2) is 0 Å². The van der Waals surface area contributed by atoms with Crippen molar-refractivity contribution in [2.75, 3.05) is 11.1 Å². The minimum atomic E-state index is -0.0818. The topological polar surface area (TPSA) is 78.7 Å². The molecule has 6 heteroatoms. The summed E-state index contributed by atoms with van der Waals surface area (Å²) in [6, 6.07) is 10.7. The van der Waals surface area contributed by atoms with Gasteiger partial charge < -0.3 is 5.32 Å². The molecule has 1 aromatic carbocycles. The van der Waals surface area contributed by atoms with E-state index in [1.165, 1.54) is 18.1 Å². The second-order valence-corrected chi connectivity index (χ2v) is 5.00. The van der Waals surface area contributed by atoms with E-state index >= 15 is 0 Å². The summed E-state index contributed by atoms with van der Waals surface area (Å²) in [5.41, 5.74) is 1.17. The first-order valence-corrected chi connectivity index (χ1v) is 6.95. The molecule has 0 bridgehead atoms. The first-order valence-electron chi connectivity index (χ1n) is 5.97. The molecule has 0 aliphatic carbocycles. The van der Waals surface area contributed by atoms with Gasteiger partial charge in [0.1, 0.15) is 6.33 Å². The average Bonchev–Trinajstić information content (AvgIpc) is 2.48. The maximum atomic E-state index is 11.8. The molecule has 1 N–H and O–H groups in total. The Morgan fingerprint density at radius 3 is 3.05 bits per heavy atom. The number of nitrogens with one attached hydrogen (secondary N) is 1. The molecule has 1 heterocycles. The summed E-state index contributed by atoms with van der Waals surface area (Å²) >= 11 is 1.50. The van der Waals surface area contributed by atoms with Crippen LogP contribution in [0.25, 0.3) is 0 Å². The van der Waals surface area contributed by atoms with Crippen LogP contribution in [0.3, 0.4) is 0 Å². The molecule has 1 aromatic heterocycles. The molecule has 5 nitrogen and oxygen atoms in total. The van der Waals surface area contributed by atoms with Gasteiger partial charge >= 0.3 is 0 Å². The lowest BCUT2D eigenvalue weighted by molar-refractivity contribution is -0.115. The lowest BCUT2D eigenvalue weighted by atomic mass is 10.2. The molecule has 0 spiro atoms. The third kappa shape index (κ3) is 4.37. The third-order valence-electron chi connectivity index (χ3n) is 2.41. The van der Waals surface area contributed by atoms with Crippen molar-refractivity contribution in [2.24, 2.45) is 0 Å². The van der Waals surface area contributed by atoms with Crippen molar-refractivity contribution < 1.29 is 4.79 Å². The van der Waals surface area contributed by atoms with Crippen LogP contribution in [0.4, 0.5) is 5.69 Å². The number of hydrogen-bond donors (Lipinski definition) is 1. The minimum Gasteiger partial charge on any atom is -0.326 e. The first kappa shape index (κ1) is 14.0. The zero-order valence-corrected chi connectivity index (χ0v) is 11.4. The summed E-state index contributed by atoms with van der Waals surface area (Å²) in [6.07, 6.45) is 3.53. The number of aromatic nitrogens is 2. The monoisotopic (exact) mass is 284 g/mol. The number of carbonyl (C=O) groups excluding carboxylic acids is 1. The lowest BCUT2D eigenvalue weighted by Crippen LogP contribution is -2.12. The van der Waals surface area contributed by atoms with E-state index in [1.54, 1.807) is 36.5 Å². The normalized spacial score (nSPS) is 9.75. The van der Waals surface area contributed by atoms with Gasteiger partial charge in [-0.3, -0.25) is 4.79 Å². The minimum absolute atomic E-state index is 0.0818. The molecule has 0 fully saturated rings. The third-order valence-corrected chi connectivity index (χ3v) is 3.35. The van der Waals surface area contributed by atoms with Crippen LogP contribution < -0.4 is 5.32 Å². The molecule has 0 atom stereocenters. The zero-order valence-electron chi connectivity index (χ0n) is 10.6. The van der Waals surface area contributed by atoms with Crippen molar-refractivity contribution >= 4 is 23.4 Å². The predicted octanol–water partition coefficient (Wildman–Crippen LogP) is 2.47. The van der Waals surface area contributed by atoms with E-state index in [4.69, 9.17) is 5.26 Å². The van der Waals surface area contributed by atoms with Crippen LogP contribution in [0.5, 0.6) is 0 Å². The van der Waals surface area contributed by atoms with Crippen LogP contribution in [-0.2, 0) is 4.79 Å². The van der Waals surface area contributed by atoms with E-state index in [0.29, 0.717) is 23.4 Å². The molecule has 0 radical (unpaired) electrons. The van der Waals surface area contributed by atoms with Crippen molar-refractivity contribution in [1.82, 2.24) is 9.97 Å². The standard InChI is InChI=1S/C14H12N4OS/c15-9-11-2-1-3-12(8-11)18-13(19)5-7-20-14-4-6-16-10-17-14/h1-4,6,8,10H,5,7H2,(H,18,19). The summed E-state index contributed by atoms with van der Waals surface area (Å²) in [4.78, 5) is 19.7. The fraction of sp³-hybridized carbons (Fsp3) is 0.143. The maximum Gasteiger partial charge on any atom is 0.225 e. The van der Waals surface area contributed by atoms with Gasteiger partial charge in [-0.1, -0.05) is 6.07 Å². The predicted molar refractivity (Wildman–Crippen MR) is 77.2 cm³/mol. The van der Waals surface area contributed by atoms with Crippen molar-refractivity contribution in [1.29, 1.82) is 5.26 Å². The highest BCUT2D eigenvalue weighted by Crippen LogP contribution is 2.15. The molecule has 2 rings (SSSR count). The molecular weight excluding hydrogens is 272 g/mol. The van der Waals surface area contributed by atoms with E-state index in [-0.39, 0.29) is 5.91 Å². The second kappa shape index (κ2) is 7.26. The van der Waals surface area contributed by atoms with Crippen LogP contribution in [-0.4, -0.2) is 21.6 Å². The number of carbonyl (C=O) groups is 1. The average molecular weight is 284 g/mol. The van der Waals surface area contributed by atoms with E-state index < -0.39 is 0 Å². The van der Waals surface area contributed by atoms with Gasteiger partial charge in [-0.15, -0.1) is 11.8 Å². The van der Waals surface area contributed by atoms with E-state index in [1.807, 2.05) is 6.07 Å². The molecule has 0 saturated heterocycles. The molecular formula is C14H12N4OS. The molecule has 0 aliphatic rings. The van der Waals surface area contributed by atoms with Crippen molar-refractivity contribution in [2.45, 2.75) is 11.4 Å². The van der Waals surface area contributed by atoms with Crippen LogP contribution in [0.1, 0.15) is 12.0 Å². The Balaban J connectivity index is 1.79. The van der Waals surface area contributed by atoms with Crippen molar-refractivity contribution in [3.8, 4) is 6.07 Å². The van der Waals surface area contributed by atoms with Gasteiger partial charge in [0.05, 0.1) is 16.7 Å². The highest BCUT2D eigenvalue weighted by molar-refractivity contribution is 7.99. The largest absolute Gasteiger partial charge is 0.326 e. The van der Waals surface area contributed by atoms with Gasteiger partial charge in [-0.2, -0.15) is 5.26 Å². The van der Waals surface area contributed by atoms with Crippen LogP contribution >= 0.6 is 11.8 Å². The van der Waals surface area contributed by atoms with Crippen LogP contribution in [0, 0.1) is 11.3 Å². The first-order chi connectivity index (χ1) is 9.78. The molecule has 0 unspecified atom stereocenters. The highest BCUT2D eigenvalue weighted by atomic mass is 32.2. The summed E-state index contributed by atoms with van der Waals surface area (Å²) in [5, 5.41) is 12.4. The van der Waals surface area contributed by atoms with E-state index in [2.05, 4.69) is 15.3 Å². The lowest BCUT2D eigenvalue weighted by Gasteiger charge is -2.05. The van der Waals surface area contributed by atoms with Crippen molar-refractivity contribution in [3.63, 3.8) is 0 Å². The number of amides is 1. The number of anilines is 1. The Morgan fingerprint density at radius 2 is 2.30 bits per heavy atom. The van der Waals surface area contributed by atoms with Gasteiger partial charge in [0, 0.05) is 24.1 Å².